The van der Waals surface area contributed by atoms with Gasteiger partial charge in [0.25, 0.3) is 0 Å². The molecule has 102 valence electrons. The van der Waals surface area contributed by atoms with Gasteiger partial charge >= 0.3 is 0 Å². The van der Waals surface area contributed by atoms with Crippen molar-refractivity contribution in [3.8, 4) is 0 Å². The molecule has 0 bridgehead atoms. The average molecular weight is 266 g/mol. The molecule has 1 aromatic carbocycles. The number of aromatic nitrogens is 1. The van der Waals surface area contributed by atoms with Gasteiger partial charge in [-0.3, -0.25) is 9.78 Å². The van der Waals surface area contributed by atoms with Gasteiger partial charge in [-0.1, -0.05) is 12.6 Å². The third kappa shape index (κ3) is 3.54. The van der Waals surface area contributed by atoms with Gasteiger partial charge in [-0.15, -0.1) is 0 Å². The smallest absolute Gasteiger partial charge is 0.170 e. The lowest BCUT2D eigenvalue weighted by molar-refractivity contribution is 0.0993. The Hall–Kier alpha value is -2.42. The first kappa shape index (κ1) is 14.0. The fraction of sp³-hybridized carbons (Fsp3) is 0.176. The lowest BCUT2D eigenvalue weighted by atomic mass is 10.1. The lowest BCUT2D eigenvalue weighted by Gasteiger charge is -2.10. The van der Waals surface area contributed by atoms with Gasteiger partial charge in [0.05, 0.1) is 6.42 Å². The monoisotopic (exact) mass is 266 g/mol. The largest absolute Gasteiger partial charge is 0.359 e. The number of carbonyl (C=O) groups is 1. The molecule has 0 fully saturated rings. The highest BCUT2D eigenvalue weighted by atomic mass is 16.1. The number of nitrogens with one attached hydrogen (secondary N) is 1. The first-order chi connectivity index (χ1) is 9.56. The highest BCUT2D eigenvalue weighted by molar-refractivity contribution is 5.97. The number of carbonyl (C=O) groups excluding carboxylic acids is 1. The first-order valence-electron chi connectivity index (χ1n) is 6.51. The van der Waals surface area contributed by atoms with Crippen molar-refractivity contribution in [3.63, 3.8) is 0 Å². The molecule has 1 heterocycles. The molecule has 0 amide bonds. The van der Waals surface area contributed by atoms with Crippen LogP contribution >= 0.6 is 0 Å². The fourth-order valence-corrected chi connectivity index (χ4v) is 1.89. The summed E-state index contributed by atoms with van der Waals surface area (Å²) in [5.41, 5.74) is 4.70. The Balaban J connectivity index is 1.99. The minimum absolute atomic E-state index is 0.0134. The zero-order chi connectivity index (χ0) is 14.5. The Bertz CT molecular complexity index is 633. The van der Waals surface area contributed by atoms with E-state index in [1.165, 1.54) is 11.1 Å². The fourth-order valence-electron chi connectivity index (χ4n) is 1.89. The van der Waals surface area contributed by atoms with Gasteiger partial charge in [0.1, 0.15) is 0 Å². The lowest BCUT2D eigenvalue weighted by Crippen LogP contribution is -2.06. The number of anilines is 1. The molecule has 0 radical (unpaired) electrons. The molecule has 0 spiro atoms. The number of hydrogen-bond donors (Lipinski definition) is 1. The summed E-state index contributed by atoms with van der Waals surface area (Å²) in [5.74, 6) is 0.0134. The van der Waals surface area contributed by atoms with Crippen molar-refractivity contribution in [2.75, 3.05) is 5.32 Å². The summed E-state index contributed by atoms with van der Waals surface area (Å²) in [6.07, 6.45) is 3.49. The predicted octanol–water partition coefficient (Wildman–Crippen LogP) is 3.90. The van der Waals surface area contributed by atoms with Gasteiger partial charge in [0.15, 0.2) is 5.78 Å². The third-order valence-electron chi connectivity index (χ3n) is 3.19. The maximum absolute atomic E-state index is 12.0. The van der Waals surface area contributed by atoms with Crippen molar-refractivity contribution < 1.29 is 4.79 Å². The van der Waals surface area contributed by atoms with Crippen LogP contribution in [-0.4, -0.2) is 10.8 Å². The molecule has 0 saturated carbocycles. The van der Waals surface area contributed by atoms with Crippen LogP contribution in [0, 0.1) is 13.8 Å². The summed E-state index contributed by atoms with van der Waals surface area (Å²) in [7, 11) is 0. The van der Waals surface area contributed by atoms with Crippen LogP contribution in [0.3, 0.4) is 0 Å². The van der Waals surface area contributed by atoms with E-state index in [9.17, 15) is 4.79 Å². The van der Waals surface area contributed by atoms with E-state index in [0.29, 0.717) is 11.3 Å². The molecule has 20 heavy (non-hydrogen) atoms. The van der Waals surface area contributed by atoms with Crippen LogP contribution in [0.2, 0.25) is 0 Å². The Labute approximate surface area is 119 Å². The maximum Gasteiger partial charge on any atom is 0.170 e. The highest BCUT2D eigenvalue weighted by Crippen LogP contribution is 2.17. The van der Waals surface area contributed by atoms with E-state index < -0.39 is 0 Å². The van der Waals surface area contributed by atoms with Crippen LogP contribution in [0.5, 0.6) is 0 Å². The van der Waals surface area contributed by atoms with Gasteiger partial charge in [-0.2, -0.15) is 0 Å². The summed E-state index contributed by atoms with van der Waals surface area (Å²) in [6, 6.07) is 9.61. The van der Waals surface area contributed by atoms with E-state index in [-0.39, 0.29) is 12.2 Å². The summed E-state index contributed by atoms with van der Waals surface area (Å²) in [6.45, 7) is 8.04. The normalized spacial score (nSPS) is 10.1. The second-order valence-corrected chi connectivity index (χ2v) is 4.87. The number of hydrogen-bond acceptors (Lipinski definition) is 3. The molecule has 0 unspecified atom stereocenters. The summed E-state index contributed by atoms with van der Waals surface area (Å²) in [4.78, 5) is 16.0. The van der Waals surface area contributed by atoms with E-state index in [1.54, 1.807) is 24.5 Å². The summed E-state index contributed by atoms with van der Waals surface area (Å²) < 4.78 is 0. The molecule has 2 rings (SSSR count). The summed E-state index contributed by atoms with van der Waals surface area (Å²) in [5, 5.41) is 3.17. The predicted molar refractivity (Wildman–Crippen MR) is 81.9 cm³/mol. The Kier molecular flexibility index (Phi) is 4.31. The standard InChI is InChI=1S/C17H18N2O/c1-12-6-7-16(9-13(12)2)19-14(3)10-17(20)15-5-4-8-18-11-15/h4-9,11,19H,3,10H2,1-2H3. The number of benzene rings is 1. The molecular weight excluding hydrogens is 248 g/mol. The zero-order valence-corrected chi connectivity index (χ0v) is 11.8. The SMILES string of the molecule is C=C(CC(=O)c1cccnc1)Nc1ccc(C)c(C)c1. The third-order valence-corrected chi connectivity index (χ3v) is 3.19. The minimum atomic E-state index is 0.0134. The number of allylic oxidation sites excluding steroid dienone is 1. The number of rotatable bonds is 5. The number of nitrogens with zero attached hydrogens (tertiary/aromatic N) is 1. The van der Waals surface area contributed by atoms with Crippen molar-refractivity contribution in [3.05, 3.63) is 71.7 Å². The summed E-state index contributed by atoms with van der Waals surface area (Å²) >= 11 is 0. The molecule has 3 heteroatoms. The number of pyridine rings is 1. The van der Waals surface area contributed by atoms with Crippen LogP contribution in [0.15, 0.2) is 55.0 Å². The van der Waals surface area contributed by atoms with Gasteiger partial charge < -0.3 is 5.32 Å². The second-order valence-electron chi connectivity index (χ2n) is 4.87. The van der Waals surface area contributed by atoms with Crippen LogP contribution in [0.25, 0.3) is 0 Å². The molecular formula is C17H18N2O. The quantitative estimate of drug-likeness (QED) is 0.835. The Morgan fingerprint density at radius 3 is 2.70 bits per heavy atom. The Morgan fingerprint density at radius 2 is 2.05 bits per heavy atom. The van der Waals surface area contributed by atoms with E-state index in [4.69, 9.17) is 0 Å². The highest BCUT2D eigenvalue weighted by Gasteiger charge is 2.08. The zero-order valence-electron chi connectivity index (χ0n) is 11.8. The molecule has 0 aliphatic heterocycles. The number of ketones is 1. The first-order valence-corrected chi connectivity index (χ1v) is 6.51. The molecule has 3 nitrogen and oxygen atoms in total. The molecule has 0 saturated heterocycles. The molecule has 0 atom stereocenters. The molecule has 0 aliphatic carbocycles. The molecule has 1 aromatic heterocycles. The van der Waals surface area contributed by atoms with E-state index in [2.05, 4.69) is 36.8 Å². The number of aryl methyl sites for hydroxylation is 2. The molecule has 1 N–H and O–H groups in total. The van der Waals surface area contributed by atoms with Crippen molar-refractivity contribution >= 4 is 11.5 Å². The van der Waals surface area contributed by atoms with E-state index >= 15 is 0 Å². The average Bonchev–Trinajstić information content (AvgIpc) is 2.44. The van der Waals surface area contributed by atoms with Crippen molar-refractivity contribution in [1.29, 1.82) is 0 Å². The topological polar surface area (TPSA) is 42.0 Å². The molecule has 0 aliphatic rings. The van der Waals surface area contributed by atoms with Crippen molar-refractivity contribution in [1.82, 2.24) is 4.98 Å². The van der Waals surface area contributed by atoms with Crippen molar-refractivity contribution in [2.45, 2.75) is 20.3 Å². The molecule has 2 aromatic rings. The van der Waals surface area contributed by atoms with Gasteiger partial charge in [-0.25, -0.2) is 0 Å². The van der Waals surface area contributed by atoms with Crippen LogP contribution in [0.1, 0.15) is 27.9 Å². The Morgan fingerprint density at radius 1 is 1.25 bits per heavy atom. The number of Topliss-reactive ketones (excluding diaryl/α,β-unsaturated/α-hetero) is 1. The van der Waals surface area contributed by atoms with Crippen LogP contribution in [0.4, 0.5) is 5.69 Å². The minimum Gasteiger partial charge on any atom is -0.359 e. The van der Waals surface area contributed by atoms with Crippen LogP contribution in [-0.2, 0) is 0 Å². The van der Waals surface area contributed by atoms with Crippen molar-refractivity contribution in [2.24, 2.45) is 0 Å². The van der Waals surface area contributed by atoms with Crippen LogP contribution < -0.4 is 5.32 Å². The second kappa shape index (κ2) is 6.15. The van der Waals surface area contributed by atoms with Gasteiger partial charge in [-0.05, 0) is 49.2 Å². The van der Waals surface area contributed by atoms with Gasteiger partial charge in [0.2, 0.25) is 0 Å². The van der Waals surface area contributed by atoms with Gasteiger partial charge in [0, 0.05) is 29.3 Å². The maximum atomic E-state index is 12.0. The van der Waals surface area contributed by atoms with E-state index in [1.807, 2.05) is 12.1 Å². The van der Waals surface area contributed by atoms with E-state index in [0.717, 1.165) is 5.69 Å².